The first-order valence-electron chi connectivity index (χ1n) is 8.00. The number of hydrogen-bond acceptors (Lipinski definition) is 3. The Hall–Kier alpha value is -1.87. The lowest BCUT2D eigenvalue weighted by Gasteiger charge is -2.18. The van der Waals surface area contributed by atoms with Crippen LogP contribution in [0.25, 0.3) is 0 Å². The number of benzene rings is 2. The van der Waals surface area contributed by atoms with Crippen molar-refractivity contribution in [3.05, 3.63) is 53.6 Å². The van der Waals surface area contributed by atoms with Gasteiger partial charge >= 0.3 is 0 Å². The van der Waals surface area contributed by atoms with Crippen molar-refractivity contribution in [3.8, 4) is 11.5 Å². The van der Waals surface area contributed by atoms with Crippen LogP contribution in [0, 0.1) is 0 Å². The molecule has 0 aromatic heterocycles. The van der Waals surface area contributed by atoms with Crippen LogP contribution in [0.3, 0.4) is 0 Å². The second kappa shape index (κ2) is 8.68. The smallest absolute Gasteiger partial charge is 0.138 e. The quantitative estimate of drug-likeness (QED) is 0.702. The first kappa shape index (κ1) is 17.5. The van der Waals surface area contributed by atoms with Crippen LogP contribution in [0.15, 0.2) is 48.5 Å². The summed E-state index contributed by atoms with van der Waals surface area (Å²) >= 11 is 6.11. The fourth-order valence-electron chi connectivity index (χ4n) is 2.06. The van der Waals surface area contributed by atoms with Gasteiger partial charge in [-0.25, -0.2) is 0 Å². The fourth-order valence-corrected chi connectivity index (χ4v) is 2.24. The summed E-state index contributed by atoms with van der Waals surface area (Å²) in [6, 6.07) is 15.5. The van der Waals surface area contributed by atoms with Crippen LogP contribution in [-0.2, 0) is 0 Å². The second-order valence-corrected chi connectivity index (χ2v) is 6.01. The first-order valence-corrected chi connectivity index (χ1v) is 8.38. The molecule has 0 aliphatic heterocycles. The van der Waals surface area contributed by atoms with E-state index in [1.54, 1.807) is 0 Å². The maximum Gasteiger partial charge on any atom is 0.138 e. The monoisotopic (exact) mass is 333 g/mol. The molecule has 4 heteroatoms. The van der Waals surface area contributed by atoms with E-state index in [1.165, 1.54) is 0 Å². The fraction of sp³-hybridized carbons (Fsp3) is 0.368. The maximum atomic E-state index is 6.11. The Balaban J connectivity index is 1.88. The van der Waals surface area contributed by atoms with Crippen molar-refractivity contribution >= 4 is 17.3 Å². The van der Waals surface area contributed by atoms with Crippen molar-refractivity contribution in [2.24, 2.45) is 0 Å². The van der Waals surface area contributed by atoms with E-state index in [-0.39, 0.29) is 12.2 Å². The molecule has 0 aliphatic carbocycles. The van der Waals surface area contributed by atoms with Gasteiger partial charge in [0.15, 0.2) is 0 Å². The average Bonchev–Trinajstić information content (AvgIpc) is 2.55. The molecule has 0 spiro atoms. The molecule has 2 aromatic rings. The summed E-state index contributed by atoms with van der Waals surface area (Å²) in [4.78, 5) is 0. The molecular formula is C19H24ClNO2. The molecule has 2 atom stereocenters. The third-order valence-corrected chi connectivity index (χ3v) is 3.82. The Morgan fingerprint density at radius 2 is 1.78 bits per heavy atom. The summed E-state index contributed by atoms with van der Waals surface area (Å²) in [6.07, 6.45) is 1.20. The van der Waals surface area contributed by atoms with Gasteiger partial charge in [-0.15, -0.1) is 0 Å². The van der Waals surface area contributed by atoms with Crippen molar-refractivity contribution in [1.82, 2.24) is 0 Å². The van der Waals surface area contributed by atoms with Crippen LogP contribution in [0.2, 0.25) is 5.02 Å². The van der Waals surface area contributed by atoms with Crippen LogP contribution in [0.4, 0.5) is 5.69 Å². The van der Waals surface area contributed by atoms with Crippen LogP contribution >= 0.6 is 11.6 Å². The van der Waals surface area contributed by atoms with E-state index in [9.17, 15) is 0 Å². The Morgan fingerprint density at radius 1 is 1.00 bits per heavy atom. The van der Waals surface area contributed by atoms with Gasteiger partial charge in [-0.3, -0.25) is 0 Å². The van der Waals surface area contributed by atoms with Crippen molar-refractivity contribution < 1.29 is 9.47 Å². The molecule has 0 fully saturated rings. The molecule has 0 bridgehead atoms. The number of halogens is 1. The minimum Gasteiger partial charge on any atom is -0.491 e. The molecule has 0 aliphatic rings. The van der Waals surface area contributed by atoms with Crippen LogP contribution < -0.4 is 14.8 Å². The molecule has 2 aromatic carbocycles. The molecular weight excluding hydrogens is 310 g/mol. The number of rotatable bonds is 8. The molecule has 0 saturated heterocycles. The zero-order valence-corrected chi connectivity index (χ0v) is 14.6. The molecule has 3 nitrogen and oxygen atoms in total. The number of hydrogen-bond donors (Lipinski definition) is 1. The van der Waals surface area contributed by atoms with Gasteiger partial charge in [0.25, 0.3) is 0 Å². The zero-order chi connectivity index (χ0) is 16.7. The SMILES string of the molecule is CCC(C)Oc1cccc(NCC(C)Oc2ccccc2Cl)c1. The van der Waals surface area contributed by atoms with E-state index in [1.807, 2.05) is 55.5 Å². The van der Waals surface area contributed by atoms with E-state index >= 15 is 0 Å². The first-order chi connectivity index (χ1) is 11.1. The minimum absolute atomic E-state index is 0.00552. The topological polar surface area (TPSA) is 30.5 Å². The number of anilines is 1. The predicted molar refractivity (Wildman–Crippen MR) is 96.9 cm³/mol. The highest BCUT2D eigenvalue weighted by Gasteiger charge is 2.07. The summed E-state index contributed by atoms with van der Waals surface area (Å²) < 4.78 is 11.7. The molecule has 124 valence electrons. The lowest BCUT2D eigenvalue weighted by atomic mass is 10.2. The van der Waals surface area contributed by atoms with E-state index < -0.39 is 0 Å². The van der Waals surface area contributed by atoms with E-state index in [4.69, 9.17) is 21.1 Å². The summed E-state index contributed by atoms with van der Waals surface area (Å²) in [5.41, 5.74) is 1.01. The molecule has 2 rings (SSSR count). The van der Waals surface area contributed by atoms with Crippen molar-refractivity contribution in [3.63, 3.8) is 0 Å². The molecule has 1 N–H and O–H groups in total. The van der Waals surface area contributed by atoms with Gasteiger partial charge in [0, 0.05) is 11.8 Å². The van der Waals surface area contributed by atoms with Gasteiger partial charge in [-0.2, -0.15) is 0 Å². The highest BCUT2D eigenvalue weighted by Crippen LogP contribution is 2.24. The summed E-state index contributed by atoms with van der Waals surface area (Å²) in [6.45, 7) is 6.87. The second-order valence-electron chi connectivity index (χ2n) is 5.60. The average molecular weight is 334 g/mol. The van der Waals surface area contributed by atoms with Crippen LogP contribution in [0.5, 0.6) is 11.5 Å². The van der Waals surface area contributed by atoms with Gasteiger partial charge in [0.1, 0.15) is 17.6 Å². The van der Waals surface area contributed by atoms with Crippen molar-refractivity contribution in [1.29, 1.82) is 0 Å². The zero-order valence-electron chi connectivity index (χ0n) is 13.9. The van der Waals surface area contributed by atoms with Crippen LogP contribution in [0.1, 0.15) is 27.2 Å². The molecule has 0 saturated carbocycles. The Kier molecular flexibility index (Phi) is 6.60. The molecule has 0 amide bonds. The van der Waals surface area contributed by atoms with Gasteiger partial charge in [-0.05, 0) is 44.5 Å². The number of ether oxygens (including phenoxy) is 2. The third-order valence-electron chi connectivity index (χ3n) is 3.50. The lowest BCUT2D eigenvalue weighted by Crippen LogP contribution is -2.22. The number of nitrogens with one attached hydrogen (secondary N) is 1. The van der Waals surface area contributed by atoms with E-state index in [0.29, 0.717) is 17.3 Å². The van der Waals surface area contributed by atoms with Crippen molar-refractivity contribution in [2.75, 3.05) is 11.9 Å². The largest absolute Gasteiger partial charge is 0.491 e. The molecule has 0 radical (unpaired) electrons. The molecule has 0 heterocycles. The predicted octanol–water partition coefficient (Wildman–Crippen LogP) is 5.40. The standard InChI is InChI=1S/C19H24ClNO2/c1-4-14(2)22-17-9-7-8-16(12-17)21-13-15(3)23-19-11-6-5-10-18(19)20/h5-12,14-15,21H,4,13H2,1-3H3. The molecule has 23 heavy (non-hydrogen) atoms. The highest BCUT2D eigenvalue weighted by molar-refractivity contribution is 6.32. The maximum absolute atomic E-state index is 6.11. The van der Waals surface area contributed by atoms with Crippen molar-refractivity contribution in [2.45, 2.75) is 39.4 Å². The Labute approximate surface area is 143 Å². The van der Waals surface area contributed by atoms with E-state index in [0.717, 1.165) is 17.9 Å². The molecule has 2 unspecified atom stereocenters. The van der Waals surface area contributed by atoms with Gasteiger partial charge in [0.05, 0.1) is 17.7 Å². The Bertz CT molecular complexity index is 618. The highest BCUT2D eigenvalue weighted by atomic mass is 35.5. The minimum atomic E-state index is -0.00552. The van der Waals surface area contributed by atoms with E-state index in [2.05, 4.69) is 19.2 Å². The summed E-state index contributed by atoms with van der Waals surface area (Å²) in [5, 5.41) is 4.00. The number of para-hydroxylation sites is 1. The lowest BCUT2D eigenvalue weighted by molar-refractivity contribution is 0.217. The summed E-state index contributed by atoms with van der Waals surface area (Å²) in [5.74, 6) is 1.58. The van der Waals surface area contributed by atoms with Gasteiger partial charge in [-0.1, -0.05) is 36.7 Å². The van der Waals surface area contributed by atoms with Gasteiger partial charge < -0.3 is 14.8 Å². The third kappa shape index (κ3) is 5.68. The summed E-state index contributed by atoms with van der Waals surface area (Å²) in [7, 11) is 0. The van der Waals surface area contributed by atoms with Crippen LogP contribution in [-0.4, -0.2) is 18.8 Å². The Morgan fingerprint density at radius 3 is 2.52 bits per heavy atom. The normalized spacial score (nSPS) is 13.2. The van der Waals surface area contributed by atoms with Gasteiger partial charge in [0.2, 0.25) is 0 Å².